The Bertz CT molecular complexity index is 561. The van der Waals surface area contributed by atoms with Crippen LogP contribution in [0.15, 0.2) is 36.7 Å². The third kappa shape index (κ3) is 4.04. The van der Waals surface area contributed by atoms with Crippen LogP contribution < -0.4 is 0 Å². The minimum absolute atomic E-state index is 0.0537. The highest BCUT2D eigenvalue weighted by atomic mass is 35.5. The lowest BCUT2D eigenvalue weighted by Crippen LogP contribution is -2.25. The van der Waals surface area contributed by atoms with E-state index in [-0.39, 0.29) is 16.6 Å². The van der Waals surface area contributed by atoms with Crippen LogP contribution in [-0.2, 0) is 10.8 Å². The molecule has 0 saturated carbocycles. The van der Waals surface area contributed by atoms with Crippen molar-refractivity contribution >= 4 is 11.6 Å². The van der Waals surface area contributed by atoms with Crippen molar-refractivity contribution in [3.05, 3.63) is 58.9 Å². The normalized spacial score (nSPS) is 12.5. The molecule has 0 aliphatic heterocycles. The minimum Gasteiger partial charge on any atom is -0.259 e. The number of hydrogen-bond acceptors (Lipinski definition) is 2. The molecular formula is C18H22ClFN2. The van der Waals surface area contributed by atoms with Gasteiger partial charge >= 0.3 is 0 Å². The predicted octanol–water partition coefficient (Wildman–Crippen LogP) is 5.30. The van der Waals surface area contributed by atoms with Crippen molar-refractivity contribution in [2.24, 2.45) is 0 Å². The van der Waals surface area contributed by atoms with E-state index in [1.165, 1.54) is 12.3 Å². The topological polar surface area (TPSA) is 25.8 Å². The second-order valence-corrected chi connectivity index (χ2v) is 7.43. The van der Waals surface area contributed by atoms with Crippen molar-refractivity contribution in [2.75, 3.05) is 0 Å². The Morgan fingerprint density at radius 1 is 0.864 bits per heavy atom. The fourth-order valence-electron chi connectivity index (χ4n) is 2.43. The van der Waals surface area contributed by atoms with Gasteiger partial charge in [-0.3, -0.25) is 9.97 Å². The van der Waals surface area contributed by atoms with Gasteiger partial charge in [0.05, 0.1) is 11.2 Å². The Labute approximate surface area is 136 Å². The molecule has 2 heterocycles. The van der Waals surface area contributed by atoms with Gasteiger partial charge < -0.3 is 0 Å². The van der Waals surface area contributed by atoms with Gasteiger partial charge in [-0.25, -0.2) is 4.39 Å². The maximum atomic E-state index is 13.0. The van der Waals surface area contributed by atoms with Crippen LogP contribution in [0.1, 0.15) is 51.9 Å². The van der Waals surface area contributed by atoms with Crippen molar-refractivity contribution < 1.29 is 4.39 Å². The molecule has 0 fully saturated rings. The highest BCUT2D eigenvalue weighted by Crippen LogP contribution is 2.34. The first-order valence-electron chi connectivity index (χ1n) is 7.45. The largest absolute Gasteiger partial charge is 0.259 e. The van der Waals surface area contributed by atoms with Gasteiger partial charge in [-0.15, -0.1) is 0 Å². The van der Waals surface area contributed by atoms with E-state index in [2.05, 4.69) is 37.7 Å². The van der Waals surface area contributed by atoms with Gasteiger partial charge in [0.25, 0.3) is 0 Å². The second-order valence-electron chi connectivity index (χ2n) is 6.99. The summed E-state index contributed by atoms with van der Waals surface area (Å²) in [4.78, 5) is 8.66. The molecule has 0 radical (unpaired) electrons. The average Bonchev–Trinajstić information content (AvgIpc) is 2.46. The summed E-state index contributed by atoms with van der Waals surface area (Å²) >= 11 is 5.90. The van der Waals surface area contributed by atoms with Gasteiger partial charge in [0.15, 0.2) is 0 Å². The van der Waals surface area contributed by atoms with Crippen LogP contribution in [0.4, 0.5) is 4.39 Å². The lowest BCUT2D eigenvalue weighted by molar-refractivity contribution is 0.363. The summed E-state index contributed by atoms with van der Waals surface area (Å²) in [7, 11) is 0. The van der Waals surface area contributed by atoms with Crippen molar-refractivity contribution in [1.29, 1.82) is 0 Å². The van der Waals surface area contributed by atoms with Crippen LogP contribution in [0.2, 0.25) is 5.02 Å². The number of hydrogen-bond donors (Lipinski definition) is 0. The number of pyridine rings is 2. The lowest BCUT2D eigenvalue weighted by atomic mass is 9.75. The van der Waals surface area contributed by atoms with Gasteiger partial charge in [0.1, 0.15) is 5.82 Å². The summed E-state index contributed by atoms with van der Waals surface area (Å²) in [6, 6.07) is 7.09. The van der Waals surface area contributed by atoms with E-state index in [0.717, 1.165) is 24.2 Å². The van der Waals surface area contributed by atoms with Crippen molar-refractivity contribution in [2.45, 2.75) is 51.4 Å². The molecule has 0 N–H and O–H groups in total. The fourth-order valence-corrected chi connectivity index (χ4v) is 2.55. The Kier molecular flexibility index (Phi) is 4.86. The molecular weight excluding hydrogens is 299 g/mol. The zero-order valence-electron chi connectivity index (χ0n) is 13.5. The van der Waals surface area contributed by atoms with E-state index in [9.17, 15) is 4.39 Å². The monoisotopic (exact) mass is 320 g/mol. The van der Waals surface area contributed by atoms with Crippen LogP contribution in [-0.4, -0.2) is 9.97 Å². The first-order valence-corrected chi connectivity index (χ1v) is 7.83. The Morgan fingerprint density at radius 3 is 1.77 bits per heavy atom. The summed E-state index contributed by atoms with van der Waals surface area (Å²) in [5.41, 5.74) is 1.77. The average molecular weight is 321 g/mol. The quantitative estimate of drug-likeness (QED) is 0.746. The molecule has 0 aliphatic carbocycles. The molecule has 2 aromatic heterocycles. The SMILES string of the molecule is CC(C)(CCC(C)(C)c1ccc(Cl)cn1)c1ccc(F)cn1. The zero-order chi connectivity index (χ0) is 16.4. The summed E-state index contributed by atoms with van der Waals surface area (Å²) in [6.07, 6.45) is 4.85. The highest BCUT2D eigenvalue weighted by molar-refractivity contribution is 6.30. The van der Waals surface area contributed by atoms with Gasteiger partial charge in [-0.2, -0.15) is 0 Å². The molecule has 2 aromatic rings. The van der Waals surface area contributed by atoms with E-state index in [1.54, 1.807) is 12.3 Å². The van der Waals surface area contributed by atoms with Crippen LogP contribution in [0, 0.1) is 5.82 Å². The van der Waals surface area contributed by atoms with Gasteiger partial charge in [-0.1, -0.05) is 39.3 Å². The standard InChI is InChI=1S/C18H22ClFN2/c1-17(2,15-7-5-13(19)11-21-15)9-10-18(3,4)16-8-6-14(20)12-22-16/h5-8,11-12H,9-10H2,1-4H3. The first kappa shape index (κ1) is 16.9. The summed E-state index contributed by atoms with van der Waals surface area (Å²) in [5, 5.41) is 0.649. The summed E-state index contributed by atoms with van der Waals surface area (Å²) < 4.78 is 13.0. The van der Waals surface area contributed by atoms with E-state index in [1.807, 2.05) is 12.1 Å². The molecule has 0 atom stereocenters. The van der Waals surface area contributed by atoms with Gasteiger partial charge in [0, 0.05) is 28.4 Å². The van der Waals surface area contributed by atoms with Crippen LogP contribution in [0.3, 0.4) is 0 Å². The number of halogens is 2. The molecule has 0 amide bonds. The summed E-state index contributed by atoms with van der Waals surface area (Å²) in [6.45, 7) is 8.63. The van der Waals surface area contributed by atoms with E-state index < -0.39 is 0 Å². The predicted molar refractivity (Wildman–Crippen MR) is 88.7 cm³/mol. The van der Waals surface area contributed by atoms with Crippen molar-refractivity contribution in [3.63, 3.8) is 0 Å². The number of rotatable bonds is 5. The number of aromatic nitrogens is 2. The Hall–Kier alpha value is -1.48. The molecule has 2 rings (SSSR count). The molecule has 22 heavy (non-hydrogen) atoms. The molecule has 0 aromatic carbocycles. The first-order chi connectivity index (χ1) is 10.2. The Balaban J connectivity index is 2.10. The van der Waals surface area contributed by atoms with E-state index in [0.29, 0.717) is 5.02 Å². The van der Waals surface area contributed by atoms with Crippen LogP contribution in [0.25, 0.3) is 0 Å². The molecule has 0 spiro atoms. The van der Waals surface area contributed by atoms with E-state index >= 15 is 0 Å². The molecule has 2 nitrogen and oxygen atoms in total. The number of nitrogens with zero attached hydrogens (tertiary/aromatic N) is 2. The van der Waals surface area contributed by atoms with E-state index in [4.69, 9.17) is 11.6 Å². The zero-order valence-corrected chi connectivity index (χ0v) is 14.3. The third-order valence-corrected chi connectivity index (χ3v) is 4.44. The van der Waals surface area contributed by atoms with Crippen molar-refractivity contribution in [3.8, 4) is 0 Å². The Morgan fingerprint density at radius 2 is 1.36 bits per heavy atom. The molecule has 4 heteroatoms. The van der Waals surface area contributed by atoms with Gasteiger partial charge in [0.2, 0.25) is 0 Å². The highest BCUT2D eigenvalue weighted by Gasteiger charge is 2.28. The maximum Gasteiger partial charge on any atom is 0.141 e. The summed E-state index contributed by atoms with van der Waals surface area (Å²) in [5.74, 6) is -0.301. The smallest absolute Gasteiger partial charge is 0.141 e. The molecule has 118 valence electrons. The second kappa shape index (κ2) is 6.33. The fraction of sp³-hybridized carbons (Fsp3) is 0.444. The molecule has 0 aliphatic rings. The maximum absolute atomic E-state index is 13.0. The molecule has 0 saturated heterocycles. The molecule has 0 unspecified atom stereocenters. The lowest BCUT2D eigenvalue weighted by Gasteiger charge is -2.30. The van der Waals surface area contributed by atoms with Crippen LogP contribution >= 0.6 is 11.6 Å². The third-order valence-electron chi connectivity index (χ3n) is 4.22. The molecule has 0 bridgehead atoms. The van der Waals surface area contributed by atoms with Gasteiger partial charge in [-0.05, 0) is 37.1 Å². The minimum atomic E-state index is -0.301. The van der Waals surface area contributed by atoms with Crippen molar-refractivity contribution in [1.82, 2.24) is 9.97 Å². The van der Waals surface area contributed by atoms with Crippen LogP contribution in [0.5, 0.6) is 0 Å².